The van der Waals surface area contributed by atoms with Crippen molar-refractivity contribution in [3.63, 3.8) is 0 Å². The molecule has 0 saturated heterocycles. The third kappa shape index (κ3) is 3.27. The Kier molecular flexibility index (Phi) is 4.35. The number of hydrogen-bond donors (Lipinski definition) is 1. The lowest BCUT2D eigenvalue weighted by Crippen LogP contribution is -2.35. The number of hydrogen-bond acceptors (Lipinski definition) is 6. The smallest absolute Gasteiger partial charge is 0.325 e. The summed E-state index contributed by atoms with van der Waals surface area (Å²) in [5.41, 5.74) is -0.206. The summed E-state index contributed by atoms with van der Waals surface area (Å²) in [5.74, 6) is -1.07. The Morgan fingerprint density at radius 2 is 2.33 bits per heavy atom. The van der Waals surface area contributed by atoms with Gasteiger partial charge in [-0.05, 0) is 6.92 Å². The van der Waals surface area contributed by atoms with Gasteiger partial charge in [0, 0.05) is 0 Å². The van der Waals surface area contributed by atoms with Crippen molar-refractivity contribution in [2.24, 2.45) is 0 Å². The molecule has 1 N–H and O–H groups in total. The molecule has 1 aromatic rings. The number of ether oxygens (including phenoxy) is 1. The van der Waals surface area contributed by atoms with Crippen molar-refractivity contribution in [2.75, 3.05) is 13.7 Å². The maximum Gasteiger partial charge on any atom is 0.325 e. The molecule has 0 spiro atoms. The molecule has 1 heterocycles. The number of nitrogens with one attached hydrogen (secondary N) is 1. The number of methoxy groups -OCH3 is 1. The van der Waals surface area contributed by atoms with Gasteiger partial charge in [-0.15, -0.1) is 0 Å². The molecule has 98 valence electrons. The molecule has 0 aliphatic heterocycles. The fraction of sp³-hybridized carbons (Fsp3) is 0.444. The van der Waals surface area contributed by atoms with Crippen LogP contribution >= 0.6 is 0 Å². The monoisotopic (exact) mass is 256 g/mol. The van der Waals surface area contributed by atoms with Crippen molar-refractivity contribution in [1.82, 2.24) is 15.1 Å². The van der Waals surface area contributed by atoms with Crippen LogP contribution in [-0.4, -0.2) is 40.2 Å². The number of esters is 1. The van der Waals surface area contributed by atoms with E-state index in [0.29, 0.717) is 0 Å². The van der Waals surface area contributed by atoms with Crippen molar-refractivity contribution >= 4 is 17.6 Å². The van der Waals surface area contributed by atoms with Gasteiger partial charge >= 0.3 is 11.7 Å². The largest absolute Gasteiger partial charge is 0.468 e. The molecule has 0 aliphatic rings. The molecule has 0 radical (unpaired) electrons. The highest BCUT2D eigenvalue weighted by atomic mass is 16.6. The van der Waals surface area contributed by atoms with E-state index in [2.05, 4.69) is 15.2 Å². The van der Waals surface area contributed by atoms with E-state index in [0.717, 1.165) is 17.1 Å². The van der Waals surface area contributed by atoms with E-state index >= 15 is 0 Å². The molecule has 0 saturated carbocycles. The quantitative estimate of drug-likeness (QED) is 0.437. The topological polar surface area (TPSA) is 116 Å². The van der Waals surface area contributed by atoms with E-state index in [1.807, 2.05) is 0 Å². The van der Waals surface area contributed by atoms with Gasteiger partial charge in [0.05, 0.1) is 12.0 Å². The Morgan fingerprint density at radius 1 is 1.67 bits per heavy atom. The van der Waals surface area contributed by atoms with Crippen LogP contribution in [0.2, 0.25) is 0 Å². The predicted octanol–water partition coefficient (Wildman–Crippen LogP) is -0.359. The molecule has 1 aromatic heterocycles. The van der Waals surface area contributed by atoms with Crippen LogP contribution in [0.5, 0.6) is 0 Å². The predicted molar refractivity (Wildman–Crippen MR) is 58.6 cm³/mol. The first-order chi connectivity index (χ1) is 8.45. The van der Waals surface area contributed by atoms with Gasteiger partial charge in [-0.2, -0.15) is 5.10 Å². The Balaban J connectivity index is 2.62. The zero-order valence-electron chi connectivity index (χ0n) is 9.82. The van der Waals surface area contributed by atoms with Crippen LogP contribution in [0, 0.1) is 10.1 Å². The Hall–Kier alpha value is -2.45. The summed E-state index contributed by atoms with van der Waals surface area (Å²) >= 11 is 0. The molecule has 1 unspecified atom stereocenters. The number of nitro groups is 1. The summed E-state index contributed by atoms with van der Waals surface area (Å²) < 4.78 is 5.50. The van der Waals surface area contributed by atoms with Gasteiger partial charge in [0.1, 0.15) is 25.0 Å². The third-order valence-electron chi connectivity index (χ3n) is 2.21. The first-order valence-corrected chi connectivity index (χ1v) is 4.98. The second kappa shape index (κ2) is 5.75. The van der Waals surface area contributed by atoms with E-state index in [4.69, 9.17) is 0 Å². The first kappa shape index (κ1) is 13.6. The Labute approximate surface area is 102 Å². The molecule has 18 heavy (non-hydrogen) atoms. The summed E-state index contributed by atoms with van der Waals surface area (Å²) in [7, 11) is 1.20. The molecular weight excluding hydrogens is 244 g/mol. The molecular formula is C9H12N4O5. The van der Waals surface area contributed by atoms with E-state index < -0.39 is 22.8 Å². The second-order valence-electron chi connectivity index (χ2n) is 3.41. The summed E-state index contributed by atoms with van der Waals surface area (Å²) in [6, 6.07) is -0.761. The average Bonchev–Trinajstić information content (AvgIpc) is 2.84. The third-order valence-corrected chi connectivity index (χ3v) is 2.21. The number of amides is 1. The van der Waals surface area contributed by atoms with Crippen molar-refractivity contribution in [2.45, 2.75) is 13.0 Å². The minimum atomic E-state index is -0.761. The van der Waals surface area contributed by atoms with Crippen LogP contribution in [-0.2, 0) is 14.3 Å². The highest BCUT2D eigenvalue weighted by Crippen LogP contribution is 2.12. The maximum atomic E-state index is 11.6. The van der Waals surface area contributed by atoms with Gasteiger partial charge in [-0.1, -0.05) is 0 Å². The van der Waals surface area contributed by atoms with Crippen LogP contribution in [0.4, 0.5) is 5.69 Å². The lowest BCUT2D eigenvalue weighted by atomic mass is 10.3. The van der Waals surface area contributed by atoms with E-state index in [1.54, 1.807) is 0 Å². The number of aromatic nitrogens is 2. The van der Waals surface area contributed by atoms with Crippen molar-refractivity contribution in [3.8, 4) is 0 Å². The summed E-state index contributed by atoms with van der Waals surface area (Å²) in [4.78, 5) is 32.3. The Bertz CT molecular complexity index is 469. The highest BCUT2D eigenvalue weighted by molar-refractivity contribution is 5.84. The van der Waals surface area contributed by atoms with Gasteiger partial charge in [0.15, 0.2) is 0 Å². The van der Waals surface area contributed by atoms with E-state index in [1.165, 1.54) is 14.0 Å². The number of nitrogens with zero attached hydrogens (tertiary/aromatic N) is 3. The van der Waals surface area contributed by atoms with Crippen LogP contribution in [0.1, 0.15) is 13.0 Å². The summed E-state index contributed by atoms with van der Waals surface area (Å²) in [6.45, 7) is 1.24. The second-order valence-corrected chi connectivity index (χ2v) is 3.41. The van der Waals surface area contributed by atoms with Gasteiger partial charge < -0.3 is 10.1 Å². The summed E-state index contributed by atoms with van der Waals surface area (Å²) in [6.07, 6.45) is 2.19. The molecule has 0 aromatic carbocycles. The minimum Gasteiger partial charge on any atom is -0.468 e. The lowest BCUT2D eigenvalue weighted by molar-refractivity contribution is -0.385. The molecule has 0 bridgehead atoms. The van der Waals surface area contributed by atoms with Crippen LogP contribution < -0.4 is 5.32 Å². The molecule has 1 rings (SSSR count). The van der Waals surface area contributed by atoms with Crippen LogP contribution in [0.3, 0.4) is 0 Å². The molecule has 0 fully saturated rings. The zero-order valence-corrected chi connectivity index (χ0v) is 9.82. The molecule has 1 atom stereocenters. The van der Waals surface area contributed by atoms with Gasteiger partial charge in [-0.3, -0.25) is 24.4 Å². The number of carbonyl (C=O) groups excluding carboxylic acids is 2. The van der Waals surface area contributed by atoms with Crippen LogP contribution in [0.25, 0.3) is 0 Å². The van der Waals surface area contributed by atoms with Gasteiger partial charge in [-0.25, -0.2) is 0 Å². The SMILES string of the molecule is COC(=O)CNC(=O)C(C)n1cc([N+](=O)[O-])cn1. The molecule has 9 heteroatoms. The fourth-order valence-electron chi connectivity index (χ4n) is 1.13. The fourth-order valence-corrected chi connectivity index (χ4v) is 1.13. The minimum absolute atomic E-state index is 0.206. The zero-order chi connectivity index (χ0) is 13.7. The molecule has 0 aliphatic carbocycles. The maximum absolute atomic E-state index is 11.6. The normalized spacial score (nSPS) is 11.7. The van der Waals surface area contributed by atoms with Crippen molar-refractivity contribution in [3.05, 3.63) is 22.5 Å². The van der Waals surface area contributed by atoms with E-state index in [9.17, 15) is 19.7 Å². The van der Waals surface area contributed by atoms with Crippen LogP contribution in [0.15, 0.2) is 12.4 Å². The highest BCUT2D eigenvalue weighted by Gasteiger charge is 2.19. The van der Waals surface area contributed by atoms with Crippen molar-refractivity contribution in [1.29, 1.82) is 0 Å². The number of carbonyl (C=O) groups is 2. The molecule has 1 amide bonds. The van der Waals surface area contributed by atoms with Crippen molar-refractivity contribution < 1.29 is 19.2 Å². The van der Waals surface area contributed by atoms with Gasteiger partial charge in [0.2, 0.25) is 5.91 Å². The first-order valence-electron chi connectivity index (χ1n) is 4.98. The number of rotatable bonds is 5. The van der Waals surface area contributed by atoms with Gasteiger partial charge in [0.25, 0.3) is 0 Å². The Morgan fingerprint density at radius 3 is 2.83 bits per heavy atom. The molecule has 9 nitrogen and oxygen atoms in total. The lowest BCUT2D eigenvalue weighted by Gasteiger charge is -2.11. The standard InChI is InChI=1S/C9H12N4O5/c1-6(9(15)10-4-8(14)18-2)12-5-7(3-11-12)13(16)17/h3,5-6H,4H2,1-2H3,(H,10,15). The average molecular weight is 256 g/mol. The summed E-state index contributed by atoms with van der Waals surface area (Å²) in [5, 5.41) is 16.5. The van der Waals surface area contributed by atoms with E-state index in [-0.39, 0.29) is 12.2 Å².